The van der Waals surface area contributed by atoms with Gasteiger partial charge in [0.25, 0.3) is 0 Å². The smallest absolute Gasteiger partial charge is 0.238 e. The molecule has 0 radical (unpaired) electrons. The molecule has 112 valence electrons. The molecule has 0 saturated heterocycles. The fourth-order valence-corrected chi connectivity index (χ4v) is 2.88. The lowest BCUT2D eigenvalue weighted by atomic mass is 10.00. The zero-order valence-electron chi connectivity index (χ0n) is 12.1. The molecule has 2 rings (SSSR count). The second kappa shape index (κ2) is 6.63. The Labute approximate surface area is 125 Å². The summed E-state index contributed by atoms with van der Waals surface area (Å²) in [5.74, 6) is 0.596. The molecule has 0 N–H and O–H groups in total. The van der Waals surface area contributed by atoms with Crippen molar-refractivity contribution in [3.8, 4) is 0 Å². The van der Waals surface area contributed by atoms with Gasteiger partial charge >= 0.3 is 0 Å². The van der Waals surface area contributed by atoms with Gasteiger partial charge in [0, 0.05) is 6.42 Å². The predicted molar refractivity (Wildman–Crippen MR) is 83.1 cm³/mol. The molecule has 1 aromatic carbocycles. The fraction of sp³-hybridized carbons (Fsp3) is 0.312. The molecule has 2 aromatic rings. The normalized spacial score (nSPS) is 10.8. The summed E-state index contributed by atoms with van der Waals surface area (Å²) >= 11 is 0. The Kier molecular flexibility index (Phi) is 4.85. The summed E-state index contributed by atoms with van der Waals surface area (Å²) in [6.45, 7) is 4.33. The third-order valence-corrected chi connectivity index (χ3v) is 3.97. The van der Waals surface area contributed by atoms with Crippen LogP contribution in [0.4, 0.5) is 0 Å². The molecule has 0 aliphatic heterocycles. The zero-order chi connectivity index (χ0) is 15.4. The first-order valence-corrected chi connectivity index (χ1v) is 7.93. The molecule has 5 heteroatoms. The Morgan fingerprint density at radius 2 is 1.71 bits per heavy atom. The van der Waals surface area contributed by atoms with Gasteiger partial charge in [0.05, 0.1) is 0 Å². The molecule has 1 aromatic heterocycles. The summed E-state index contributed by atoms with van der Waals surface area (Å²) in [7, 11) is -2.54. The third kappa shape index (κ3) is 3.98. The number of aromatic nitrogens is 1. The van der Waals surface area contributed by atoms with Crippen molar-refractivity contribution in [3.63, 3.8) is 0 Å². The van der Waals surface area contributed by atoms with Gasteiger partial charge in [-0.1, -0.05) is 44.2 Å². The molecule has 0 atom stereocenters. The number of pyridine rings is 1. The van der Waals surface area contributed by atoms with Crippen LogP contribution in [0.2, 0.25) is 0 Å². The predicted octanol–water partition coefficient (Wildman–Crippen LogP) is 3.03. The van der Waals surface area contributed by atoms with Gasteiger partial charge in [-0.15, -0.1) is 0 Å². The van der Waals surface area contributed by atoms with Crippen LogP contribution in [0.15, 0.2) is 42.6 Å². The van der Waals surface area contributed by atoms with Crippen LogP contribution >= 0.6 is 0 Å². The highest BCUT2D eigenvalue weighted by Crippen LogP contribution is 2.14. The van der Waals surface area contributed by atoms with Gasteiger partial charge in [-0.25, -0.2) is 0 Å². The molecule has 0 fully saturated rings. The molecule has 0 aliphatic carbocycles. The quantitative estimate of drug-likeness (QED) is 0.816. The van der Waals surface area contributed by atoms with Crippen LogP contribution in [-0.4, -0.2) is 13.1 Å². The highest BCUT2D eigenvalue weighted by Gasteiger charge is 2.03. The molecule has 21 heavy (non-hydrogen) atoms. The van der Waals surface area contributed by atoms with Crippen molar-refractivity contribution >= 4 is 10.3 Å². The molecule has 0 saturated carbocycles. The maximum Gasteiger partial charge on any atom is 0.238 e. The Bertz CT molecular complexity index is 779. The molecular formula is C16H18NO3S-. The molecule has 0 unspecified atom stereocenters. The fourth-order valence-electron chi connectivity index (χ4n) is 2.32. The monoisotopic (exact) mass is 304 g/mol. The summed E-state index contributed by atoms with van der Waals surface area (Å²) in [6.07, 6.45) is 2.64. The minimum absolute atomic E-state index is 0.205. The average Bonchev–Trinajstić information content (AvgIpc) is 2.40. The lowest BCUT2D eigenvalue weighted by Gasteiger charge is -2.12. The molecule has 0 amide bonds. The third-order valence-electron chi connectivity index (χ3n) is 3.21. The van der Waals surface area contributed by atoms with Gasteiger partial charge in [-0.2, -0.15) is 8.42 Å². The van der Waals surface area contributed by atoms with Crippen molar-refractivity contribution in [3.05, 3.63) is 69.1 Å². The summed E-state index contributed by atoms with van der Waals surface area (Å²) in [5, 5.41) is 11.6. The first kappa shape index (κ1) is 15.4. The van der Waals surface area contributed by atoms with Crippen LogP contribution in [0, 0.1) is 15.8 Å². The minimum atomic E-state index is -2.54. The second-order valence-corrected chi connectivity index (χ2v) is 6.35. The van der Waals surface area contributed by atoms with E-state index in [1.807, 2.05) is 12.1 Å². The van der Waals surface area contributed by atoms with Crippen LogP contribution < -0.4 is 0 Å². The van der Waals surface area contributed by atoms with Crippen molar-refractivity contribution in [2.45, 2.75) is 26.7 Å². The number of rotatable bonds is 4. The number of hydrogen-bond acceptors (Lipinski definition) is 3. The van der Waals surface area contributed by atoms with Crippen LogP contribution in [0.25, 0.3) is 0 Å². The van der Waals surface area contributed by atoms with E-state index < -0.39 is 10.3 Å². The van der Waals surface area contributed by atoms with E-state index in [1.165, 1.54) is 11.8 Å². The highest BCUT2D eigenvalue weighted by atomic mass is 32.2. The van der Waals surface area contributed by atoms with Gasteiger partial charge < -0.3 is 9.94 Å². The summed E-state index contributed by atoms with van der Waals surface area (Å²) < 4.78 is 22.6. The van der Waals surface area contributed by atoms with Gasteiger partial charge in [0.2, 0.25) is 10.3 Å². The van der Waals surface area contributed by atoms with E-state index >= 15 is 0 Å². The lowest BCUT2D eigenvalue weighted by molar-refractivity contribution is 0.623. The Balaban J connectivity index is 2.32. The average molecular weight is 304 g/mol. The van der Waals surface area contributed by atoms with Crippen LogP contribution in [0.5, 0.6) is 0 Å². The first-order valence-electron chi connectivity index (χ1n) is 6.85. The molecule has 1 heterocycles. The van der Waals surface area contributed by atoms with E-state index in [1.54, 1.807) is 12.1 Å². The van der Waals surface area contributed by atoms with Gasteiger partial charge in [-0.3, -0.25) is 0 Å². The van der Waals surface area contributed by atoms with Crippen LogP contribution in [0.3, 0.4) is 0 Å². The highest BCUT2D eigenvalue weighted by molar-refractivity contribution is 7.63. The van der Waals surface area contributed by atoms with E-state index in [4.69, 9.17) is 0 Å². The summed E-state index contributed by atoms with van der Waals surface area (Å²) in [4.78, 5) is 0. The standard InChI is InChI=1S/C16H18NO3S/c1-12(2)10-13-5-7-14(8-6-13)11-15-4-3-9-17(18)16(15)21(19)20/h3-9,12H,10-11H2,1-2H3/q-1. The molecular weight excluding hydrogens is 286 g/mol. The minimum Gasteiger partial charge on any atom is -0.805 e. The van der Waals surface area contributed by atoms with E-state index in [9.17, 15) is 13.6 Å². The molecule has 0 aliphatic rings. The van der Waals surface area contributed by atoms with Gasteiger partial charge in [0.15, 0.2) is 4.64 Å². The lowest BCUT2D eigenvalue weighted by Crippen LogP contribution is -1.99. The number of hydrogen-bond donors (Lipinski definition) is 0. The Hall–Kier alpha value is -2.01. The van der Waals surface area contributed by atoms with Crippen molar-refractivity contribution in [1.82, 2.24) is 4.73 Å². The van der Waals surface area contributed by atoms with E-state index in [2.05, 4.69) is 26.0 Å². The van der Waals surface area contributed by atoms with E-state index in [-0.39, 0.29) is 4.64 Å². The SMILES string of the molecule is CC(C)Cc1ccc(Cc2cccn([O-])c2=S(=O)=O)cc1. The van der Waals surface area contributed by atoms with Crippen LogP contribution in [-0.2, 0) is 23.1 Å². The van der Waals surface area contributed by atoms with Crippen molar-refractivity contribution in [1.29, 1.82) is 0 Å². The van der Waals surface area contributed by atoms with Crippen molar-refractivity contribution in [2.24, 2.45) is 5.92 Å². The Morgan fingerprint density at radius 3 is 2.29 bits per heavy atom. The van der Waals surface area contributed by atoms with E-state index in [0.717, 1.165) is 12.0 Å². The maximum absolute atomic E-state index is 11.6. The van der Waals surface area contributed by atoms with Crippen LogP contribution in [0.1, 0.15) is 30.5 Å². The van der Waals surface area contributed by atoms with Gasteiger partial charge in [-0.05, 0) is 41.3 Å². The number of benzene rings is 1. The first-order chi connectivity index (χ1) is 9.97. The molecule has 0 spiro atoms. The largest absolute Gasteiger partial charge is 0.805 e. The summed E-state index contributed by atoms with van der Waals surface area (Å²) in [6, 6.07) is 11.3. The van der Waals surface area contributed by atoms with E-state index in [0.29, 0.717) is 22.6 Å². The van der Waals surface area contributed by atoms with Gasteiger partial charge in [0.1, 0.15) is 0 Å². The van der Waals surface area contributed by atoms with Crippen molar-refractivity contribution in [2.75, 3.05) is 0 Å². The topological polar surface area (TPSA) is 62.1 Å². The maximum atomic E-state index is 11.6. The zero-order valence-corrected chi connectivity index (χ0v) is 12.9. The Morgan fingerprint density at radius 1 is 1.10 bits per heavy atom. The number of nitrogens with zero attached hydrogens (tertiary/aromatic N) is 1. The molecule has 4 nitrogen and oxygen atoms in total. The molecule has 0 bridgehead atoms. The second-order valence-electron chi connectivity index (χ2n) is 5.49. The van der Waals surface area contributed by atoms with Crippen molar-refractivity contribution < 1.29 is 8.42 Å². The summed E-state index contributed by atoms with van der Waals surface area (Å²) in [5.41, 5.74) is 2.76.